The predicted molar refractivity (Wildman–Crippen MR) is 106 cm³/mol. The van der Waals surface area contributed by atoms with Gasteiger partial charge >= 0.3 is 0 Å². The van der Waals surface area contributed by atoms with Gasteiger partial charge in [-0.2, -0.15) is 0 Å². The number of aromatic nitrogens is 1. The molecule has 1 aromatic carbocycles. The second kappa shape index (κ2) is 6.52. The average molecular weight is 374 g/mol. The number of piperidine rings is 1. The minimum Gasteiger partial charge on any atom is -0.492 e. The first kappa shape index (κ1) is 17.1. The highest BCUT2D eigenvalue weighted by molar-refractivity contribution is 5.98. The Morgan fingerprint density at radius 3 is 2.79 bits per heavy atom. The van der Waals surface area contributed by atoms with E-state index >= 15 is 0 Å². The van der Waals surface area contributed by atoms with Crippen LogP contribution in [0.1, 0.15) is 47.3 Å². The van der Waals surface area contributed by atoms with Crippen molar-refractivity contribution in [2.24, 2.45) is 0 Å². The van der Waals surface area contributed by atoms with Gasteiger partial charge in [0.2, 0.25) is 0 Å². The molecule has 6 nitrogen and oxygen atoms in total. The summed E-state index contributed by atoms with van der Waals surface area (Å²) in [7, 11) is 0. The summed E-state index contributed by atoms with van der Waals surface area (Å²) in [5.41, 5.74) is 3.25. The van der Waals surface area contributed by atoms with E-state index in [4.69, 9.17) is 16.3 Å². The Labute approximate surface area is 164 Å². The number of hydrogen-bond acceptors (Lipinski definition) is 4. The van der Waals surface area contributed by atoms with Gasteiger partial charge in [-0.3, -0.25) is 4.79 Å². The van der Waals surface area contributed by atoms with E-state index in [0.717, 1.165) is 48.5 Å². The van der Waals surface area contributed by atoms with Crippen molar-refractivity contribution in [2.45, 2.75) is 57.3 Å². The lowest BCUT2D eigenvalue weighted by Gasteiger charge is -2.40. The predicted octanol–water partition coefficient (Wildman–Crippen LogP) is 3.76. The number of fused-ring (bicyclic) bond motifs is 3. The number of ether oxygens (including phenoxy) is 1. The molecule has 142 valence electrons. The molecule has 0 aliphatic carbocycles. The van der Waals surface area contributed by atoms with E-state index < -0.39 is 0 Å². The Morgan fingerprint density at radius 2 is 2.04 bits per heavy atom. The van der Waals surface area contributed by atoms with Gasteiger partial charge in [0.05, 0.1) is 24.4 Å². The molecule has 3 aliphatic rings. The van der Waals surface area contributed by atoms with Crippen LogP contribution in [0.5, 0.6) is 5.75 Å². The van der Waals surface area contributed by atoms with Gasteiger partial charge in [0.1, 0.15) is 17.7 Å². The van der Waals surface area contributed by atoms with Crippen molar-refractivity contribution in [3.05, 3.63) is 58.6 Å². The van der Waals surface area contributed by atoms with Crippen LogP contribution in [0, 0.1) is 13.5 Å². The molecule has 1 amide bonds. The Hall–Kier alpha value is -3.07. The fraction of sp³-hybridized carbons (Fsp3) is 0.409. The van der Waals surface area contributed by atoms with Crippen molar-refractivity contribution in [3.63, 3.8) is 0 Å². The maximum atomic E-state index is 11.9. The zero-order valence-corrected chi connectivity index (χ0v) is 15.8. The summed E-state index contributed by atoms with van der Waals surface area (Å²) in [6, 6.07) is 10.2. The molecule has 5 rings (SSSR count). The third kappa shape index (κ3) is 2.78. The second-order valence-corrected chi connectivity index (χ2v) is 7.92. The molecular weight excluding hydrogens is 352 g/mol. The average Bonchev–Trinajstić information content (AvgIpc) is 3.18. The number of carbonyl (C=O) groups excluding carboxylic acids is 1. The number of rotatable bonds is 3. The molecule has 2 unspecified atom stereocenters. The van der Waals surface area contributed by atoms with E-state index in [1.165, 1.54) is 0 Å². The van der Waals surface area contributed by atoms with Crippen LogP contribution in [0.15, 0.2) is 30.3 Å². The van der Waals surface area contributed by atoms with Gasteiger partial charge in [-0.25, -0.2) is 9.83 Å². The Bertz CT molecular complexity index is 983. The maximum absolute atomic E-state index is 11.9. The molecular formula is C22H22N4O2. The molecule has 2 saturated heterocycles. The van der Waals surface area contributed by atoms with Gasteiger partial charge in [0.15, 0.2) is 5.69 Å². The summed E-state index contributed by atoms with van der Waals surface area (Å²) >= 11 is 0. The summed E-state index contributed by atoms with van der Waals surface area (Å²) in [6.45, 7) is 9.74. The van der Waals surface area contributed by atoms with Crippen molar-refractivity contribution in [3.8, 4) is 5.75 Å². The molecule has 28 heavy (non-hydrogen) atoms. The summed E-state index contributed by atoms with van der Waals surface area (Å²) < 4.78 is 6.24. The lowest BCUT2D eigenvalue weighted by atomic mass is 9.98. The first-order valence-corrected chi connectivity index (χ1v) is 9.83. The van der Waals surface area contributed by atoms with Crippen molar-refractivity contribution < 1.29 is 9.53 Å². The van der Waals surface area contributed by atoms with Crippen molar-refractivity contribution in [2.75, 3.05) is 4.90 Å². The molecule has 2 fully saturated rings. The van der Waals surface area contributed by atoms with E-state index in [2.05, 4.69) is 15.1 Å². The van der Waals surface area contributed by atoms with E-state index in [-0.39, 0.29) is 12.0 Å². The number of amides is 1. The van der Waals surface area contributed by atoms with Gasteiger partial charge in [0.25, 0.3) is 5.91 Å². The van der Waals surface area contributed by atoms with Crippen LogP contribution in [0.3, 0.4) is 0 Å². The van der Waals surface area contributed by atoms with Gasteiger partial charge in [-0.15, -0.1) is 0 Å². The SMILES string of the molecule is [C-]#[N+]c1cccc(OC2CC3CCC(C2)N3c2nc3c(cc2C)C(=O)NC3)c1. The molecule has 1 N–H and O–H groups in total. The first-order valence-electron chi connectivity index (χ1n) is 9.83. The summed E-state index contributed by atoms with van der Waals surface area (Å²) in [5.74, 6) is 1.79. The minimum atomic E-state index is -0.0196. The van der Waals surface area contributed by atoms with Crippen molar-refractivity contribution >= 4 is 17.4 Å². The highest BCUT2D eigenvalue weighted by atomic mass is 16.5. The first-order chi connectivity index (χ1) is 13.6. The number of pyridine rings is 1. The zero-order chi connectivity index (χ0) is 19.3. The number of nitrogens with zero attached hydrogens (tertiary/aromatic N) is 3. The lowest BCUT2D eigenvalue weighted by Crippen LogP contribution is -2.47. The largest absolute Gasteiger partial charge is 0.492 e. The fourth-order valence-corrected chi connectivity index (χ4v) is 4.88. The standard InChI is InChI=1S/C22H22N4O2/c1-13-8-19-20(12-24-22(19)27)25-21(13)26-15-6-7-16(26)11-18(10-15)28-17-5-3-4-14(9-17)23-2/h3-5,8-9,15-16,18H,6-7,10-12H2,1H3,(H,24,27). The summed E-state index contributed by atoms with van der Waals surface area (Å²) in [4.78, 5) is 22.7. The highest BCUT2D eigenvalue weighted by Gasteiger charge is 2.43. The lowest BCUT2D eigenvalue weighted by molar-refractivity contribution is 0.0965. The molecule has 1 aromatic heterocycles. The number of carbonyl (C=O) groups is 1. The van der Waals surface area contributed by atoms with Crippen LogP contribution in [0.4, 0.5) is 11.5 Å². The molecule has 0 radical (unpaired) electrons. The second-order valence-electron chi connectivity index (χ2n) is 7.92. The molecule has 2 aromatic rings. The third-order valence-electron chi connectivity index (χ3n) is 6.11. The van der Waals surface area contributed by atoms with Crippen LogP contribution in [0.25, 0.3) is 4.85 Å². The number of anilines is 1. The highest BCUT2D eigenvalue weighted by Crippen LogP contribution is 2.41. The Morgan fingerprint density at radius 1 is 1.25 bits per heavy atom. The normalized spacial score (nSPS) is 25.2. The smallest absolute Gasteiger partial charge is 0.253 e. The topological polar surface area (TPSA) is 58.8 Å². The van der Waals surface area contributed by atoms with Crippen LogP contribution in [0.2, 0.25) is 0 Å². The molecule has 2 bridgehead atoms. The van der Waals surface area contributed by atoms with Gasteiger partial charge in [0, 0.05) is 24.9 Å². The summed E-state index contributed by atoms with van der Waals surface area (Å²) in [6.07, 6.45) is 4.35. The molecule has 4 heterocycles. The molecule has 2 atom stereocenters. The van der Waals surface area contributed by atoms with Crippen LogP contribution >= 0.6 is 0 Å². The third-order valence-corrected chi connectivity index (χ3v) is 6.11. The number of aryl methyl sites for hydroxylation is 1. The van der Waals surface area contributed by atoms with Gasteiger partial charge in [-0.1, -0.05) is 12.1 Å². The van der Waals surface area contributed by atoms with Crippen LogP contribution < -0.4 is 15.0 Å². The number of hydrogen-bond donors (Lipinski definition) is 1. The molecule has 3 aliphatic heterocycles. The van der Waals surface area contributed by atoms with Gasteiger partial charge in [-0.05, 0) is 43.5 Å². The Kier molecular flexibility index (Phi) is 3.97. The summed E-state index contributed by atoms with van der Waals surface area (Å²) in [5, 5.41) is 2.86. The monoisotopic (exact) mass is 374 g/mol. The van der Waals surface area contributed by atoms with Crippen LogP contribution in [-0.4, -0.2) is 29.1 Å². The van der Waals surface area contributed by atoms with E-state index in [1.807, 2.05) is 31.2 Å². The van der Waals surface area contributed by atoms with Crippen molar-refractivity contribution in [1.82, 2.24) is 10.3 Å². The van der Waals surface area contributed by atoms with E-state index in [1.54, 1.807) is 6.07 Å². The molecule has 0 saturated carbocycles. The molecule has 6 heteroatoms. The molecule has 0 spiro atoms. The van der Waals surface area contributed by atoms with E-state index in [0.29, 0.717) is 29.9 Å². The number of benzene rings is 1. The van der Waals surface area contributed by atoms with Crippen LogP contribution in [-0.2, 0) is 6.54 Å². The van der Waals surface area contributed by atoms with Gasteiger partial charge < -0.3 is 15.0 Å². The number of nitrogens with one attached hydrogen (secondary N) is 1. The quantitative estimate of drug-likeness (QED) is 0.831. The van der Waals surface area contributed by atoms with E-state index in [9.17, 15) is 4.79 Å². The zero-order valence-electron chi connectivity index (χ0n) is 15.8. The Balaban J connectivity index is 1.37. The maximum Gasteiger partial charge on any atom is 0.253 e. The van der Waals surface area contributed by atoms with Crippen molar-refractivity contribution in [1.29, 1.82) is 0 Å². The minimum absolute atomic E-state index is 0.0196. The fourth-order valence-electron chi connectivity index (χ4n) is 4.88.